The molecule has 0 spiro atoms. The van der Waals surface area contributed by atoms with Gasteiger partial charge in [0.15, 0.2) is 5.96 Å². The summed E-state index contributed by atoms with van der Waals surface area (Å²) in [7, 11) is 1.62. The second-order valence-corrected chi connectivity index (χ2v) is 6.64. The second-order valence-electron chi connectivity index (χ2n) is 6.64. The molecule has 0 unspecified atom stereocenters. The summed E-state index contributed by atoms with van der Waals surface area (Å²) in [6.07, 6.45) is 3.41. The molecule has 0 bridgehead atoms. The molecule has 1 aliphatic heterocycles. The van der Waals surface area contributed by atoms with Crippen molar-refractivity contribution < 1.29 is 4.79 Å². The Bertz CT molecular complexity index is 829. The molecule has 1 aromatic heterocycles. The first-order chi connectivity index (χ1) is 11.8. The van der Waals surface area contributed by atoms with Gasteiger partial charge in [0.2, 0.25) is 5.91 Å². The van der Waals surface area contributed by atoms with E-state index in [1.54, 1.807) is 19.4 Å². The largest absolute Gasteiger partial charge is 0.346 e. The van der Waals surface area contributed by atoms with Crippen LogP contribution in [0.25, 0.3) is 5.57 Å². The number of nitrogens with one attached hydrogen (secondary N) is 2. The van der Waals surface area contributed by atoms with Crippen LogP contribution >= 0.6 is 0 Å². The average molecular weight is 334 g/mol. The summed E-state index contributed by atoms with van der Waals surface area (Å²) in [4.78, 5) is 18.5. The molecule has 25 heavy (non-hydrogen) atoms. The topological polar surface area (TPSA) is 69.1 Å². The van der Waals surface area contributed by atoms with Crippen LogP contribution in [0, 0.1) is 5.41 Å². The van der Waals surface area contributed by atoms with Gasteiger partial charge in [0, 0.05) is 19.4 Å². The quantitative estimate of drug-likeness (QED) is 0.906. The lowest BCUT2D eigenvalue weighted by Crippen LogP contribution is -2.62. The van der Waals surface area contributed by atoms with Crippen LogP contribution in [0.4, 0.5) is 0 Å². The van der Waals surface area contributed by atoms with E-state index in [0.717, 1.165) is 22.3 Å². The van der Waals surface area contributed by atoms with E-state index in [9.17, 15) is 4.79 Å². The Morgan fingerprint density at radius 2 is 1.84 bits per heavy atom. The zero-order valence-corrected chi connectivity index (χ0v) is 14.7. The number of hydrogen-bond donors (Lipinski definition) is 2. The standard InChI is InChI=1S/C20H22N4O/c1-13(2)14-5-7-15(8-6-14)17-18(25)24(4)19(21)23-20(17,3)16-9-11-22-12-10-16/h5-12,17H,1H2,2-4H3,(H2,21,23)/t17-,20+/m0/s1. The first-order valence-corrected chi connectivity index (χ1v) is 8.15. The molecule has 2 aromatic rings. The Kier molecular flexibility index (Phi) is 4.17. The van der Waals surface area contributed by atoms with Crippen LogP contribution in [0.3, 0.4) is 0 Å². The van der Waals surface area contributed by atoms with Crippen molar-refractivity contribution in [3.05, 3.63) is 72.1 Å². The van der Waals surface area contributed by atoms with Crippen molar-refractivity contribution in [2.24, 2.45) is 0 Å². The third-order valence-electron chi connectivity index (χ3n) is 4.89. The summed E-state index contributed by atoms with van der Waals surface area (Å²) < 4.78 is 0. The predicted molar refractivity (Wildman–Crippen MR) is 99.1 cm³/mol. The van der Waals surface area contributed by atoms with Gasteiger partial charge < -0.3 is 5.32 Å². The summed E-state index contributed by atoms with van der Waals surface area (Å²) in [6, 6.07) is 11.7. The van der Waals surface area contributed by atoms with Crippen molar-refractivity contribution >= 4 is 17.4 Å². The first kappa shape index (κ1) is 16.9. The highest BCUT2D eigenvalue weighted by Crippen LogP contribution is 2.40. The van der Waals surface area contributed by atoms with Gasteiger partial charge in [-0.2, -0.15) is 0 Å². The Balaban J connectivity index is 2.12. The van der Waals surface area contributed by atoms with Gasteiger partial charge in [-0.1, -0.05) is 36.4 Å². The van der Waals surface area contributed by atoms with Gasteiger partial charge >= 0.3 is 0 Å². The number of likely N-dealkylation sites (N-methyl/N-ethyl adjacent to an activating group) is 1. The van der Waals surface area contributed by atoms with E-state index >= 15 is 0 Å². The lowest BCUT2D eigenvalue weighted by Gasteiger charge is -2.45. The summed E-state index contributed by atoms with van der Waals surface area (Å²) in [5.74, 6) is -0.460. The number of carbonyl (C=O) groups excluding carboxylic acids is 1. The normalized spacial score (nSPS) is 23.3. The monoisotopic (exact) mass is 334 g/mol. The van der Waals surface area contributed by atoms with Crippen LogP contribution in [-0.2, 0) is 10.3 Å². The molecule has 2 N–H and O–H groups in total. The number of benzene rings is 1. The summed E-state index contributed by atoms with van der Waals surface area (Å²) >= 11 is 0. The van der Waals surface area contributed by atoms with Crippen LogP contribution < -0.4 is 5.32 Å². The summed E-state index contributed by atoms with van der Waals surface area (Å²) in [5, 5.41) is 11.4. The van der Waals surface area contributed by atoms with Gasteiger partial charge in [0.05, 0.1) is 11.5 Å². The minimum atomic E-state index is -0.728. The van der Waals surface area contributed by atoms with E-state index < -0.39 is 11.5 Å². The van der Waals surface area contributed by atoms with Crippen molar-refractivity contribution in [3.63, 3.8) is 0 Å². The van der Waals surface area contributed by atoms with E-state index in [1.807, 2.05) is 50.2 Å². The third-order valence-corrected chi connectivity index (χ3v) is 4.89. The molecule has 0 saturated carbocycles. The molecule has 5 heteroatoms. The molecule has 1 amide bonds. The van der Waals surface area contributed by atoms with Gasteiger partial charge in [-0.15, -0.1) is 0 Å². The maximum Gasteiger partial charge on any atom is 0.239 e. The van der Waals surface area contributed by atoms with Gasteiger partial charge in [-0.25, -0.2) is 0 Å². The number of guanidine groups is 1. The molecule has 2 atom stereocenters. The van der Waals surface area contributed by atoms with Crippen LogP contribution in [0.5, 0.6) is 0 Å². The molecule has 0 aliphatic carbocycles. The molecule has 0 radical (unpaired) electrons. The molecular formula is C20H22N4O. The maximum atomic E-state index is 13.1. The van der Waals surface area contributed by atoms with E-state index in [-0.39, 0.29) is 11.9 Å². The average Bonchev–Trinajstić information content (AvgIpc) is 2.61. The number of pyridine rings is 1. The fraction of sp³-hybridized carbons (Fsp3) is 0.250. The highest BCUT2D eigenvalue weighted by atomic mass is 16.2. The van der Waals surface area contributed by atoms with Gasteiger partial charge in [-0.05, 0) is 42.7 Å². The molecular weight excluding hydrogens is 312 g/mol. The molecule has 1 fully saturated rings. The number of rotatable bonds is 3. The molecule has 1 aromatic carbocycles. The lowest BCUT2D eigenvalue weighted by atomic mass is 9.74. The fourth-order valence-electron chi connectivity index (χ4n) is 3.33. The molecule has 1 saturated heterocycles. The van der Waals surface area contributed by atoms with Crippen molar-refractivity contribution in [3.8, 4) is 0 Å². The second kappa shape index (κ2) is 6.16. The molecule has 1 aliphatic rings. The van der Waals surface area contributed by atoms with Gasteiger partial charge in [0.1, 0.15) is 0 Å². The third kappa shape index (κ3) is 2.82. The highest BCUT2D eigenvalue weighted by molar-refractivity contribution is 6.02. The minimum Gasteiger partial charge on any atom is -0.346 e. The van der Waals surface area contributed by atoms with Crippen molar-refractivity contribution in [1.29, 1.82) is 5.41 Å². The fourth-order valence-corrected chi connectivity index (χ4v) is 3.33. The van der Waals surface area contributed by atoms with Gasteiger partial charge in [0.25, 0.3) is 0 Å². The highest BCUT2D eigenvalue weighted by Gasteiger charge is 2.48. The smallest absolute Gasteiger partial charge is 0.239 e. The maximum absolute atomic E-state index is 13.1. The number of allylic oxidation sites excluding steroid dienone is 1. The Morgan fingerprint density at radius 3 is 2.40 bits per heavy atom. The van der Waals surface area contributed by atoms with Crippen molar-refractivity contribution in [1.82, 2.24) is 15.2 Å². The molecule has 128 valence electrons. The lowest BCUT2D eigenvalue weighted by molar-refractivity contribution is -0.131. The Hall–Kier alpha value is -2.95. The number of hydrogen-bond acceptors (Lipinski definition) is 3. The zero-order valence-electron chi connectivity index (χ0n) is 14.7. The van der Waals surface area contributed by atoms with Crippen molar-refractivity contribution in [2.75, 3.05) is 7.05 Å². The van der Waals surface area contributed by atoms with E-state index in [1.165, 1.54) is 4.90 Å². The first-order valence-electron chi connectivity index (χ1n) is 8.15. The van der Waals surface area contributed by atoms with Crippen LogP contribution in [-0.4, -0.2) is 28.8 Å². The molecule has 5 nitrogen and oxygen atoms in total. The van der Waals surface area contributed by atoms with E-state index in [4.69, 9.17) is 5.41 Å². The van der Waals surface area contributed by atoms with Gasteiger partial charge in [-0.3, -0.25) is 20.1 Å². The number of aromatic nitrogens is 1. The zero-order chi connectivity index (χ0) is 18.2. The van der Waals surface area contributed by atoms with Crippen LogP contribution in [0.2, 0.25) is 0 Å². The molecule has 3 rings (SSSR count). The Morgan fingerprint density at radius 1 is 1.24 bits per heavy atom. The van der Waals surface area contributed by atoms with Crippen molar-refractivity contribution in [2.45, 2.75) is 25.3 Å². The van der Waals surface area contributed by atoms with E-state index in [2.05, 4.69) is 16.9 Å². The summed E-state index contributed by atoms with van der Waals surface area (Å²) in [5.41, 5.74) is 3.12. The Labute approximate surface area is 147 Å². The predicted octanol–water partition coefficient (Wildman–Crippen LogP) is 3.11. The number of nitrogens with zero attached hydrogens (tertiary/aromatic N) is 2. The van der Waals surface area contributed by atoms with Crippen LogP contribution in [0.1, 0.15) is 36.5 Å². The number of carbonyl (C=O) groups is 1. The number of amides is 1. The molecule has 2 heterocycles. The summed E-state index contributed by atoms with van der Waals surface area (Å²) in [6.45, 7) is 7.87. The minimum absolute atomic E-state index is 0.0964. The van der Waals surface area contributed by atoms with E-state index in [0.29, 0.717) is 0 Å². The van der Waals surface area contributed by atoms with Crippen LogP contribution in [0.15, 0.2) is 55.4 Å². The SMILES string of the molecule is C=C(C)c1ccc([C@H]2C(=O)N(C)C(=N)N[C@]2(C)c2ccncc2)cc1.